The van der Waals surface area contributed by atoms with Crippen LogP contribution in [0.4, 0.5) is 32.0 Å². The average Bonchev–Trinajstić information content (AvgIpc) is 3.14. The molecule has 10 heteroatoms. The van der Waals surface area contributed by atoms with Gasteiger partial charge >= 0.3 is 12.4 Å². The molecule has 0 aliphatic carbocycles. The first-order valence-electron chi connectivity index (χ1n) is 9.21. The van der Waals surface area contributed by atoms with Gasteiger partial charge in [0, 0.05) is 19.1 Å². The van der Waals surface area contributed by atoms with E-state index in [1.807, 2.05) is 4.90 Å². The van der Waals surface area contributed by atoms with Crippen LogP contribution in [0.2, 0.25) is 0 Å². The molecule has 4 nitrogen and oxygen atoms in total. The van der Waals surface area contributed by atoms with Gasteiger partial charge in [0.1, 0.15) is 5.69 Å². The van der Waals surface area contributed by atoms with E-state index in [1.54, 1.807) is 6.92 Å². The van der Waals surface area contributed by atoms with Gasteiger partial charge in [-0.3, -0.25) is 4.79 Å². The minimum absolute atomic E-state index is 0.225. The number of amides is 1. The normalized spacial score (nSPS) is 18.4. The first-order chi connectivity index (χ1) is 13.9. The predicted octanol–water partition coefficient (Wildman–Crippen LogP) is 4.62. The lowest BCUT2D eigenvalue weighted by Gasteiger charge is -2.20. The quantitative estimate of drug-likeness (QED) is 0.719. The SMILES string of the molecule is CC(C(=O)N[C@@H]1CCN(c2ccc(C(F)(F)F)nc2)C1)c1ccc(C(F)(F)F)cc1. The molecule has 30 heavy (non-hydrogen) atoms. The van der Waals surface area contributed by atoms with Crippen molar-refractivity contribution in [2.24, 2.45) is 0 Å². The lowest BCUT2D eigenvalue weighted by atomic mass is 9.98. The molecule has 3 rings (SSSR count). The molecule has 1 aromatic carbocycles. The number of carbonyl (C=O) groups is 1. The Hall–Kier alpha value is -2.78. The Morgan fingerprint density at radius 1 is 1.07 bits per heavy atom. The fraction of sp³-hybridized carbons (Fsp3) is 0.400. The zero-order valence-corrected chi connectivity index (χ0v) is 15.9. The summed E-state index contributed by atoms with van der Waals surface area (Å²) >= 11 is 0. The second-order valence-electron chi connectivity index (χ2n) is 7.18. The van der Waals surface area contributed by atoms with Crippen molar-refractivity contribution in [1.82, 2.24) is 10.3 Å². The van der Waals surface area contributed by atoms with Crippen molar-refractivity contribution < 1.29 is 31.1 Å². The van der Waals surface area contributed by atoms with Crippen LogP contribution in [0.5, 0.6) is 0 Å². The molecule has 0 saturated carbocycles. The van der Waals surface area contributed by atoms with E-state index >= 15 is 0 Å². The Morgan fingerprint density at radius 2 is 1.73 bits per heavy atom. The maximum atomic E-state index is 12.7. The van der Waals surface area contributed by atoms with E-state index in [0.717, 1.165) is 24.4 Å². The van der Waals surface area contributed by atoms with E-state index < -0.39 is 29.5 Å². The van der Waals surface area contributed by atoms with Crippen LogP contribution in [0.25, 0.3) is 0 Å². The van der Waals surface area contributed by atoms with Gasteiger partial charge in [0.15, 0.2) is 0 Å². The van der Waals surface area contributed by atoms with Gasteiger partial charge in [0.25, 0.3) is 0 Å². The van der Waals surface area contributed by atoms with Crippen LogP contribution in [-0.4, -0.2) is 30.0 Å². The molecule has 1 aliphatic heterocycles. The summed E-state index contributed by atoms with van der Waals surface area (Å²) in [6, 6.07) is 6.46. The highest BCUT2D eigenvalue weighted by molar-refractivity contribution is 5.83. The van der Waals surface area contributed by atoms with Crippen LogP contribution in [-0.2, 0) is 17.1 Å². The molecule has 0 radical (unpaired) electrons. The van der Waals surface area contributed by atoms with Crippen LogP contribution in [0, 0.1) is 0 Å². The van der Waals surface area contributed by atoms with Crippen molar-refractivity contribution in [2.45, 2.75) is 37.7 Å². The van der Waals surface area contributed by atoms with Gasteiger partial charge in [0.2, 0.25) is 5.91 Å². The first kappa shape index (κ1) is 21.9. The summed E-state index contributed by atoms with van der Waals surface area (Å²) in [6.07, 6.45) is -7.21. The first-order valence-corrected chi connectivity index (χ1v) is 9.21. The number of halogens is 6. The Morgan fingerprint density at radius 3 is 2.27 bits per heavy atom. The Bertz CT molecular complexity index is 877. The van der Waals surface area contributed by atoms with E-state index in [1.165, 1.54) is 18.2 Å². The number of benzene rings is 1. The van der Waals surface area contributed by atoms with Crippen LogP contribution in [0.1, 0.15) is 36.1 Å². The highest BCUT2D eigenvalue weighted by Crippen LogP contribution is 2.31. The second kappa shape index (κ2) is 8.16. The molecular formula is C20H19F6N3O. The van der Waals surface area contributed by atoms with Crippen molar-refractivity contribution in [3.05, 3.63) is 59.4 Å². The van der Waals surface area contributed by atoms with Gasteiger partial charge in [-0.05, 0) is 43.2 Å². The van der Waals surface area contributed by atoms with Gasteiger partial charge in [-0.2, -0.15) is 26.3 Å². The van der Waals surface area contributed by atoms with E-state index in [9.17, 15) is 31.1 Å². The van der Waals surface area contributed by atoms with E-state index in [0.29, 0.717) is 30.8 Å². The Balaban J connectivity index is 1.57. The van der Waals surface area contributed by atoms with E-state index in [-0.39, 0.29) is 11.9 Å². The number of alkyl halides is 6. The number of rotatable bonds is 4. The molecule has 2 heterocycles. The predicted molar refractivity (Wildman–Crippen MR) is 97.9 cm³/mol. The number of anilines is 1. The second-order valence-corrected chi connectivity index (χ2v) is 7.18. The molecule has 162 valence electrons. The summed E-state index contributed by atoms with van der Waals surface area (Å²) in [4.78, 5) is 17.7. The maximum Gasteiger partial charge on any atom is 0.433 e. The van der Waals surface area contributed by atoms with Crippen LogP contribution in [0.3, 0.4) is 0 Å². The molecule has 1 aromatic heterocycles. The summed E-state index contributed by atoms with van der Waals surface area (Å²) in [5.74, 6) is -0.971. The van der Waals surface area contributed by atoms with E-state index in [4.69, 9.17) is 0 Å². The molecule has 1 unspecified atom stereocenters. The largest absolute Gasteiger partial charge is 0.433 e. The van der Waals surface area contributed by atoms with Crippen molar-refractivity contribution in [2.75, 3.05) is 18.0 Å². The molecule has 0 bridgehead atoms. The van der Waals surface area contributed by atoms with Crippen LogP contribution in [0.15, 0.2) is 42.6 Å². The minimum atomic E-state index is -4.51. The lowest BCUT2D eigenvalue weighted by molar-refractivity contribution is -0.141. The van der Waals surface area contributed by atoms with Crippen molar-refractivity contribution in [3.8, 4) is 0 Å². The average molecular weight is 431 g/mol. The minimum Gasteiger partial charge on any atom is -0.368 e. The number of hydrogen-bond acceptors (Lipinski definition) is 3. The van der Waals surface area contributed by atoms with Crippen molar-refractivity contribution >= 4 is 11.6 Å². The van der Waals surface area contributed by atoms with Crippen LogP contribution >= 0.6 is 0 Å². The molecule has 1 saturated heterocycles. The number of aromatic nitrogens is 1. The maximum absolute atomic E-state index is 12.7. The third kappa shape index (κ3) is 5.03. The smallest absolute Gasteiger partial charge is 0.368 e. The molecule has 2 atom stereocenters. The number of nitrogens with one attached hydrogen (secondary N) is 1. The topological polar surface area (TPSA) is 45.2 Å². The van der Waals surface area contributed by atoms with Crippen molar-refractivity contribution in [3.63, 3.8) is 0 Å². The van der Waals surface area contributed by atoms with Gasteiger partial charge in [-0.15, -0.1) is 0 Å². The summed E-state index contributed by atoms with van der Waals surface area (Å²) in [6.45, 7) is 2.54. The fourth-order valence-electron chi connectivity index (χ4n) is 3.29. The Kier molecular flexibility index (Phi) is 5.96. The molecule has 1 N–H and O–H groups in total. The van der Waals surface area contributed by atoms with E-state index in [2.05, 4.69) is 10.3 Å². The summed E-state index contributed by atoms with van der Waals surface area (Å²) < 4.78 is 75.8. The van der Waals surface area contributed by atoms with Gasteiger partial charge in [-0.1, -0.05) is 12.1 Å². The highest BCUT2D eigenvalue weighted by Gasteiger charge is 2.33. The monoisotopic (exact) mass is 431 g/mol. The lowest BCUT2D eigenvalue weighted by Crippen LogP contribution is -2.39. The molecule has 1 fully saturated rings. The molecule has 2 aromatic rings. The molecule has 1 aliphatic rings. The van der Waals surface area contributed by atoms with Gasteiger partial charge in [0.05, 0.1) is 23.4 Å². The van der Waals surface area contributed by atoms with Gasteiger partial charge < -0.3 is 10.2 Å². The number of pyridine rings is 1. The molecule has 1 amide bonds. The van der Waals surface area contributed by atoms with Crippen molar-refractivity contribution in [1.29, 1.82) is 0 Å². The zero-order chi connectivity index (χ0) is 22.1. The molecular weight excluding hydrogens is 412 g/mol. The summed E-state index contributed by atoms with van der Waals surface area (Å²) in [5.41, 5.74) is -0.770. The summed E-state index contributed by atoms with van der Waals surface area (Å²) in [7, 11) is 0. The molecule has 0 spiro atoms. The third-order valence-electron chi connectivity index (χ3n) is 5.07. The third-order valence-corrected chi connectivity index (χ3v) is 5.07. The fourth-order valence-corrected chi connectivity index (χ4v) is 3.29. The highest BCUT2D eigenvalue weighted by atomic mass is 19.4. The standard InChI is InChI=1S/C20H19F6N3O/c1-12(13-2-4-14(5-3-13)19(21,22)23)18(30)28-15-8-9-29(11-15)16-6-7-17(27-10-16)20(24,25)26/h2-7,10,12,15H,8-9,11H2,1H3,(H,28,30)/t12?,15-/m1/s1. The number of hydrogen-bond donors (Lipinski definition) is 1. The number of carbonyl (C=O) groups excluding carboxylic acids is 1. The van der Waals surface area contributed by atoms with Gasteiger partial charge in [-0.25, -0.2) is 4.98 Å². The zero-order valence-electron chi connectivity index (χ0n) is 15.9. The summed E-state index contributed by atoms with van der Waals surface area (Å²) in [5, 5.41) is 2.85. The van der Waals surface area contributed by atoms with Crippen LogP contribution < -0.4 is 10.2 Å². The number of nitrogens with zero attached hydrogens (tertiary/aromatic N) is 2. The Labute approximate surface area is 168 Å².